The van der Waals surface area contributed by atoms with Gasteiger partial charge >= 0.3 is 0 Å². The van der Waals surface area contributed by atoms with E-state index in [1.165, 1.54) is 23.5 Å². The molecular weight excluding hydrogens is 228 g/mol. The average molecular weight is 250 g/mol. The molecule has 0 bridgehead atoms. The van der Waals surface area contributed by atoms with Crippen LogP contribution in [0, 0.1) is 0 Å². The Kier molecular flexibility index (Phi) is 4.89. The fraction of sp³-hybridized carbons (Fsp3) is 0.571. The molecule has 1 saturated heterocycles. The van der Waals surface area contributed by atoms with Crippen LogP contribution in [-0.2, 0) is 6.54 Å². The first-order valence-electron chi connectivity index (χ1n) is 6.43. The number of nitrogens with zero attached hydrogens (tertiary/aromatic N) is 1. The summed E-state index contributed by atoms with van der Waals surface area (Å²) in [6.45, 7) is 10.2. The molecule has 2 rings (SSSR count). The Morgan fingerprint density at radius 3 is 2.41 bits per heavy atom. The molecule has 2 nitrogen and oxygen atoms in total. The molecular formula is C14H22N2S. The molecule has 0 radical (unpaired) electrons. The summed E-state index contributed by atoms with van der Waals surface area (Å²) in [5, 5.41) is 4.05. The fourth-order valence-electron chi connectivity index (χ4n) is 2.07. The van der Waals surface area contributed by atoms with E-state index in [1.807, 2.05) is 11.8 Å². The summed E-state index contributed by atoms with van der Waals surface area (Å²) in [6, 6.07) is 9.05. The minimum Gasteiger partial charge on any atom is -0.314 e. The minimum atomic E-state index is 0.661. The Morgan fingerprint density at radius 1 is 1.18 bits per heavy atom. The first-order chi connectivity index (χ1) is 8.24. The lowest BCUT2D eigenvalue weighted by Gasteiger charge is -2.27. The van der Waals surface area contributed by atoms with E-state index in [0.29, 0.717) is 5.25 Å². The smallest absolute Gasteiger partial charge is 0.0234 e. The molecule has 1 aromatic carbocycles. The normalized spacial score (nSPS) is 17.6. The van der Waals surface area contributed by atoms with Crippen molar-refractivity contribution in [3.8, 4) is 0 Å². The van der Waals surface area contributed by atoms with Gasteiger partial charge < -0.3 is 5.32 Å². The standard InChI is InChI=1S/C14H22N2S/c1-12(2)17-14-5-3-13(4-6-14)11-16-9-7-15-8-10-16/h3-6,12,15H,7-11H2,1-2H3. The number of thioether (sulfide) groups is 1. The third kappa shape index (κ3) is 4.34. The SMILES string of the molecule is CC(C)Sc1ccc(CN2CCNCC2)cc1. The number of benzene rings is 1. The number of nitrogens with one attached hydrogen (secondary N) is 1. The Labute approximate surface area is 109 Å². The second-order valence-electron chi connectivity index (χ2n) is 4.84. The number of rotatable bonds is 4. The minimum absolute atomic E-state index is 0.661. The summed E-state index contributed by atoms with van der Waals surface area (Å²) >= 11 is 1.93. The first-order valence-corrected chi connectivity index (χ1v) is 7.30. The van der Waals surface area contributed by atoms with Crippen molar-refractivity contribution in [1.29, 1.82) is 0 Å². The molecule has 1 aliphatic heterocycles. The van der Waals surface area contributed by atoms with Gasteiger partial charge in [-0.2, -0.15) is 0 Å². The summed E-state index contributed by atoms with van der Waals surface area (Å²) in [6.07, 6.45) is 0. The summed E-state index contributed by atoms with van der Waals surface area (Å²) in [5.41, 5.74) is 1.43. The van der Waals surface area contributed by atoms with E-state index in [-0.39, 0.29) is 0 Å². The van der Waals surface area contributed by atoms with E-state index < -0.39 is 0 Å². The second-order valence-corrected chi connectivity index (χ2v) is 6.49. The van der Waals surface area contributed by atoms with Crippen molar-refractivity contribution < 1.29 is 0 Å². The Morgan fingerprint density at radius 2 is 1.82 bits per heavy atom. The van der Waals surface area contributed by atoms with Crippen LogP contribution in [0.2, 0.25) is 0 Å². The van der Waals surface area contributed by atoms with Gasteiger partial charge in [0.15, 0.2) is 0 Å². The Balaban J connectivity index is 1.88. The van der Waals surface area contributed by atoms with Crippen LogP contribution in [-0.4, -0.2) is 36.3 Å². The monoisotopic (exact) mass is 250 g/mol. The van der Waals surface area contributed by atoms with Crippen LogP contribution in [0.4, 0.5) is 0 Å². The lowest BCUT2D eigenvalue weighted by atomic mass is 10.2. The van der Waals surface area contributed by atoms with E-state index in [9.17, 15) is 0 Å². The Bertz CT molecular complexity index is 329. The zero-order chi connectivity index (χ0) is 12.1. The predicted octanol–water partition coefficient (Wildman–Crippen LogP) is 2.59. The summed E-state index contributed by atoms with van der Waals surface area (Å²) in [4.78, 5) is 3.89. The van der Waals surface area contributed by atoms with Crippen molar-refractivity contribution in [2.45, 2.75) is 30.5 Å². The molecule has 0 saturated carbocycles. The van der Waals surface area contributed by atoms with Crippen molar-refractivity contribution >= 4 is 11.8 Å². The molecule has 1 heterocycles. The van der Waals surface area contributed by atoms with Gasteiger partial charge in [0.05, 0.1) is 0 Å². The molecule has 0 aliphatic carbocycles. The van der Waals surface area contributed by atoms with E-state index >= 15 is 0 Å². The van der Waals surface area contributed by atoms with E-state index in [0.717, 1.165) is 19.6 Å². The highest BCUT2D eigenvalue weighted by Gasteiger charge is 2.09. The largest absolute Gasteiger partial charge is 0.314 e. The maximum absolute atomic E-state index is 3.39. The van der Waals surface area contributed by atoms with Gasteiger partial charge in [-0.3, -0.25) is 4.90 Å². The van der Waals surface area contributed by atoms with Crippen LogP contribution in [0.15, 0.2) is 29.2 Å². The maximum atomic E-state index is 3.39. The molecule has 94 valence electrons. The van der Waals surface area contributed by atoms with Gasteiger partial charge in [-0.05, 0) is 17.7 Å². The van der Waals surface area contributed by atoms with Gasteiger partial charge in [-0.15, -0.1) is 11.8 Å². The highest BCUT2D eigenvalue weighted by atomic mass is 32.2. The lowest BCUT2D eigenvalue weighted by molar-refractivity contribution is 0.233. The van der Waals surface area contributed by atoms with Gasteiger partial charge in [-0.1, -0.05) is 26.0 Å². The van der Waals surface area contributed by atoms with E-state index in [4.69, 9.17) is 0 Å². The topological polar surface area (TPSA) is 15.3 Å². The van der Waals surface area contributed by atoms with Gasteiger partial charge in [0.1, 0.15) is 0 Å². The third-order valence-electron chi connectivity index (χ3n) is 2.91. The highest BCUT2D eigenvalue weighted by molar-refractivity contribution is 7.99. The summed E-state index contributed by atoms with van der Waals surface area (Å²) in [5.74, 6) is 0. The van der Waals surface area contributed by atoms with Crippen molar-refractivity contribution in [2.24, 2.45) is 0 Å². The molecule has 0 aromatic heterocycles. The van der Waals surface area contributed by atoms with Crippen LogP contribution in [0.3, 0.4) is 0 Å². The number of hydrogen-bond donors (Lipinski definition) is 1. The highest BCUT2D eigenvalue weighted by Crippen LogP contribution is 2.23. The Hall–Kier alpha value is -0.510. The molecule has 3 heteroatoms. The summed E-state index contributed by atoms with van der Waals surface area (Å²) in [7, 11) is 0. The van der Waals surface area contributed by atoms with Crippen molar-refractivity contribution in [2.75, 3.05) is 26.2 Å². The molecule has 17 heavy (non-hydrogen) atoms. The van der Waals surface area contributed by atoms with E-state index in [2.05, 4.69) is 48.3 Å². The lowest BCUT2D eigenvalue weighted by Crippen LogP contribution is -2.42. The molecule has 0 amide bonds. The van der Waals surface area contributed by atoms with Gasteiger partial charge in [0, 0.05) is 42.9 Å². The van der Waals surface area contributed by atoms with Gasteiger partial charge in [0.25, 0.3) is 0 Å². The van der Waals surface area contributed by atoms with Crippen LogP contribution in [0.25, 0.3) is 0 Å². The molecule has 0 spiro atoms. The number of hydrogen-bond acceptors (Lipinski definition) is 3. The predicted molar refractivity (Wildman–Crippen MR) is 75.6 cm³/mol. The quantitative estimate of drug-likeness (QED) is 0.827. The third-order valence-corrected chi connectivity index (χ3v) is 3.93. The fourth-order valence-corrected chi connectivity index (χ4v) is 2.91. The van der Waals surface area contributed by atoms with Crippen molar-refractivity contribution in [3.63, 3.8) is 0 Å². The molecule has 1 aliphatic rings. The molecule has 1 aromatic rings. The van der Waals surface area contributed by atoms with Crippen LogP contribution < -0.4 is 5.32 Å². The summed E-state index contributed by atoms with van der Waals surface area (Å²) < 4.78 is 0. The van der Waals surface area contributed by atoms with Crippen LogP contribution in [0.5, 0.6) is 0 Å². The molecule has 1 N–H and O–H groups in total. The second kappa shape index (κ2) is 6.43. The zero-order valence-corrected chi connectivity index (χ0v) is 11.6. The first kappa shape index (κ1) is 12.9. The van der Waals surface area contributed by atoms with Gasteiger partial charge in [0.2, 0.25) is 0 Å². The van der Waals surface area contributed by atoms with Gasteiger partial charge in [-0.25, -0.2) is 0 Å². The van der Waals surface area contributed by atoms with Crippen molar-refractivity contribution in [3.05, 3.63) is 29.8 Å². The van der Waals surface area contributed by atoms with Crippen molar-refractivity contribution in [1.82, 2.24) is 10.2 Å². The maximum Gasteiger partial charge on any atom is 0.0234 e. The zero-order valence-electron chi connectivity index (χ0n) is 10.8. The molecule has 1 fully saturated rings. The van der Waals surface area contributed by atoms with Crippen LogP contribution in [0.1, 0.15) is 19.4 Å². The molecule has 0 atom stereocenters. The number of piperazine rings is 1. The van der Waals surface area contributed by atoms with E-state index in [1.54, 1.807) is 0 Å². The van der Waals surface area contributed by atoms with Crippen LogP contribution >= 0.6 is 11.8 Å². The average Bonchev–Trinajstić information content (AvgIpc) is 2.32. The molecule has 0 unspecified atom stereocenters.